The molecule has 1 heterocycles. The van der Waals surface area contributed by atoms with Gasteiger partial charge >= 0.3 is 0 Å². The SMILES string of the molecule is Cc1cc(C)c(C(N)=O)c(NCCCCCN)n1. The third-order valence-electron chi connectivity index (χ3n) is 2.76. The van der Waals surface area contributed by atoms with Gasteiger partial charge in [0.15, 0.2) is 0 Å². The number of aromatic nitrogens is 1. The number of amides is 1. The van der Waals surface area contributed by atoms with Gasteiger partial charge in [-0.15, -0.1) is 0 Å². The first-order valence-electron chi connectivity index (χ1n) is 6.28. The lowest BCUT2D eigenvalue weighted by atomic mass is 10.1. The van der Waals surface area contributed by atoms with Crippen LogP contribution in [0.25, 0.3) is 0 Å². The first-order valence-corrected chi connectivity index (χ1v) is 6.28. The molecule has 0 aliphatic heterocycles. The maximum atomic E-state index is 11.4. The van der Waals surface area contributed by atoms with Crippen molar-refractivity contribution in [3.05, 3.63) is 22.9 Å². The van der Waals surface area contributed by atoms with Crippen molar-refractivity contribution in [3.63, 3.8) is 0 Å². The molecule has 0 aliphatic rings. The third kappa shape index (κ3) is 4.00. The summed E-state index contributed by atoms with van der Waals surface area (Å²) < 4.78 is 0. The fourth-order valence-corrected chi connectivity index (χ4v) is 1.93. The molecular weight excluding hydrogens is 228 g/mol. The van der Waals surface area contributed by atoms with E-state index in [1.807, 2.05) is 19.9 Å². The molecular formula is C13H22N4O. The predicted molar refractivity (Wildman–Crippen MR) is 73.6 cm³/mol. The zero-order valence-electron chi connectivity index (χ0n) is 11.1. The number of nitrogens with one attached hydrogen (secondary N) is 1. The van der Waals surface area contributed by atoms with E-state index in [2.05, 4.69) is 10.3 Å². The van der Waals surface area contributed by atoms with Gasteiger partial charge in [-0.1, -0.05) is 6.42 Å². The summed E-state index contributed by atoms with van der Waals surface area (Å²) in [6.45, 7) is 5.26. The number of unbranched alkanes of at least 4 members (excludes halogenated alkanes) is 2. The molecule has 1 aromatic rings. The van der Waals surface area contributed by atoms with Gasteiger partial charge in [0.2, 0.25) is 0 Å². The van der Waals surface area contributed by atoms with Crippen molar-refractivity contribution in [2.45, 2.75) is 33.1 Å². The van der Waals surface area contributed by atoms with Crippen LogP contribution < -0.4 is 16.8 Å². The molecule has 0 saturated heterocycles. The average molecular weight is 250 g/mol. The molecule has 0 aliphatic carbocycles. The molecule has 0 bridgehead atoms. The molecule has 0 saturated carbocycles. The number of carbonyl (C=O) groups is 1. The van der Waals surface area contributed by atoms with Crippen LogP contribution in [0, 0.1) is 13.8 Å². The van der Waals surface area contributed by atoms with Crippen molar-refractivity contribution in [1.29, 1.82) is 0 Å². The van der Waals surface area contributed by atoms with Crippen LogP contribution in [0.4, 0.5) is 5.82 Å². The standard InChI is InChI=1S/C13H22N4O/c1-9-8-10(2)17-13(11(9)12(15)18)16-7-5-3-4-6-14/h8H,3-7,14H2,1-2H3,(H2,15,18)(H,16,17). The van der Waals surface area contributed by atoms with E-state index in [-0.39, 0.29) is 0 Å². The Bertz CT molecular complexity index is 418. The summed E-state index contributed by atoms with van der Waals surface area (Å²) in [4.78, 5) is 15.8. The van der Waals surface area contributed by atoms with Crippen LogP contribution in [0.15, 0.2) is 6.07 Å². The topological polar surface area (TPSA) is 94.0 Å². The van der Waals surface area contributed by atoms with Gasteiger partial charge in [-0.3, -0.25) is 4.79 Å². The minimum atomic E-state index is -0.440. The van der Waals surface area contributed by atoms with Crippen LogP contribution in [-0.2, 0) is 0 Å². The molecule has 1 rings (SSSR count). The number of primary amides is 1. The number of hydrogen-bond donors (Lipinski definition) is 3. The molecule has 0 fully saturated rings. The highest BCUT2D eigenvalue weighted by Crippen LogP contribution is 2.18. The predicted octanol–water partition coefficient (Wildman–Crippen LogP) is 1.34. The van der Waals surface area contributed by atoms with Gasteiger partial charge in [-0.05, 0) is 44.9 Å². The molecule has 0 spiro atoms. The molecule has 0 radical (unpaired) electrons. The molecule has 1 amide bonds. The van der Waals surface area contributed by atoms with Crippen molar-refractivity contribution in [2.24, 2.45) is 11.5 Å². The summed E-state index contributed by atoms with van der Waals surface area (Å²) >= 11 is 0. The van der Waals surface area contributed by atoms with Gasteiger partial charge in [0.1, 0.15) is 5.82 Å². The largest absolute Gasteiger partial charge is 0.369 e. The van der Waals surface area contributed by atoms with Gasteiger partial charge < -0.3 is 16.8 Å². The summed E-state index contributed by atoms with van der Waals surface area (Å²) in [5.41, 5.74) is 13.0. The summed E-state index contributed by atoms with van der Waals surface area (Å²) in [7, 11) is 0. The van der Waals surface area contributed by atoms with E-state index >= 15 is 0 Å². The summed E-state index contributed by atoms with van der Waals surface area (Å²) in [6.07, 6.45) is 3.09. The molecule has 5 nitrogen and oxygen atoms in total. The van der Waals surface area contributed by atoms with Crippen LogP contribution in [0.3, 0.4) is 0 Å². The fraction of sp³-hybridized carbons (Fsp3) is 0.538. The van der Waals surface area contributed by atoms with E-state index in [1.54, 1.807) is 0 Å². The Balaban J connectivity index is 2.71. The first kappa shape index (κ1) is 14.4. The summed E-state index contributed by atoms with van der Waals surface area (Å²) in [6, 6.07) is 1.86. The zero-order chi connectivity index (χ0) is 13.5. The molecule has 0 aromatic carbocycles. The quantitative estimate of drug-likeness (QED) is 0.636. The number of rotatable bonds is 7. The lowest BCUT2D eigenvalue weighted by Crippen LogP contribution is -2.18. The molecule has 1 aromatic heterocycles. The minimum absolute atomic E-state index is 0.440. The third-order valence-corrected chi connectivity index (χ3v) is 2.76. The van der Waals surface area contributed by atoms with Crippen LogP contribution >= 0.6 is 0 Å². The average Bonchev–Trinajstić information content (AvgIpc) is 2.27. The van der Waals surface area contributed by atoms with Gasteiger partial charge in [0, 0.05) is 12.2 Å². The monoisotopic (exact) mass is 250 g/mol. The highest BCUT2D eigenvalue weighted by molar-refractivity contribution is 5.99. The van der Waals surface area contributed by atoms with Crippen molar-refractivity contribution in [1.82, 2.24) is 4.98 Å². The van der Waals surface area contributed by atoms with Crippen LogP contribution in [0.5, 0.6) is 0 Å². The molecule has 18 heavy (non-hydrogen) atoms. The van der Waals surface area contributed by atoms with E-state index in [1.165, 1.54) is 0 Å². The normalized spacial score (nSPS) is 10.4. The Labute approximate surface area is 108 Å². The highest BCUT2D eigenvalue weighted by atomic mass is 16.1. The number of pyridine rings is 1. The van der Waals surface area contributed by atoms with Gasteiger partial charge in [0.25, 0.3) is 5.91 Å². The molecule has 100 valence electrons. The van der Waals surface area contributed by atoms with Crippen molar-refractivity contribution < 1.29 is 4.79 Å². The van der Waals surface area contributed by atoms with Gasteiger partial charge in [-0.2, -0.15) is 0 Å². The Morgan fingerprint density at radius 3 is 2.67 bits per heavy atom. The summed E-state index contributed by atoms with van der Waals surface area (Å²) in [5, 5.41) is 3.18. The Morgan fingerprint density at radius 1 is 1.33 bits per heavy atom. The first-order chi connectivity index (χ1) is 8.56. The maximum absolute atomic E-state index is 11.4. The van der Waals surface area contributed by atoms with Gasteiger partial charge in [0.05, 0.1) is 5.56 Å². The lowest BCUT2D eigenvalue weighted by Gasteiger charge is -2.12. The van der Waals surface area contributed by atoms with E-state index in [0.29, 0.717) is 17.9 Å². The zero-order valence-corrected chi connectivity index (χ0v) is 11.1. The number of nitrogens with zero attached hydrogens (tertiary/aromatic N) is 1. The van der Waals surface area contributed by atoms with Crippen molar-refractivity contribution in [3.8, 4) is 0 Å². The van der Waals surface area contributed by atoms with E-state index in [0.717, 1.165) is 37.1 Å². The fourth-order valence-electron chi connectivity index (χ4n) is 1.93. The van der Waals surface area contributed by atoms with Crippen molar-refractivity contribution >= 4 is 11.7 Å². The minimum Gasteiger partial charge on any atom is -0.369 e. The van der Waals surface area contributed by atoms with Crippen LogP contribution in [0.1, 0.15) is 40.9 Å². The Kier molecular flexibility index (Phi) is 5.58. The summed E-state index contributed by atoms with van der Waals surface area (Å²) in [5.74, 6) is 0.150. The Hall–Kier alpha value is -1.62. The number of anilines is 1. The number of nitrogens with two attached hydrogens (primary N) is 2. The van der Waals surface area contributed by atoms with Crippen molar-refractivity contribution in [2.75, 3.05) is 18.4 Å². The maximum Gasteiger partial charge on any atom is 0.252 e. The van der Waals surface area contributed by atoms with Gasteiger partial charge in [-0.25, -0.2) is 4.98 Å². The second-order valence-corrected chi connectivity index (χ2v) is 4.44. The van der Waals surface area contributed by atoms with E-state index < -0.39 is 5.91 Å². The lowest BCUT2D eigenvalue weighted by molar-refractivity contribution is 0.1000. The number of carbonyl (C=O) groups excluding carboxylic acids is 1. The van der Waals surface area contributed by atoms with Crippen LogP contribution in [-0.4, -0.2) is 24.0 Å². The smallest absolute Gasteiger partial charge is 0.252 e. The second kappa shape index (κ2) is 6.96. The molecule has 5 heteroatoms. The second-order valence-electron chi connectivity index (χ2n) is 4.44. The van der Waals surface area contributed by atoms with E-state index in [9.17, 15) is 4.79 Å². The molecule has 0 atom stereocenters. The Morgan fingerprint density at radius 2 is 2.06 bits per heavy atom. The highest BCUT2D eigenvalue weighted by Gasteiger charge is 2.13. The number of aryl methyl sites for hydroxylation is 2. The number of hydrogen-bond acceptors (Lipinski definition) is 4. The van der Waals surface area contributed by atoms with Crippen LogP contribution in [0.2, 0.25) is 0 Å². The molecule has 5 N–H and O–H groups in total. The van der Waals surface area contributed by atoms with E-state index in [4.69, 9.17) is 11.5 Å². The molecule has 0 unspecified atom stereocenters.